The van der Waals surface area contributed by atoms with Crippen molar-refractivity contribution in [2.75, 3.05) is 20.0 Å². The molecule has 0 aliphatic carbocycles. The van der Waals surface area contributed by atoms with Gasteiger partial charge in [-0.25, -0.2) is 0 Å². The summed E-state index contributed by atoms with van der Waals surface area (Å²) in [6.45, 7) is 14.0. The lowest BCUT2D eigenvalue weighted by Gasteiger charge is -2.39. The largest absolute Gasteiger partial charge is 0.350 e. The third kappa shape index (κ3) is 4.78. The Labute approximate surface area is 98.2 Å². The molecule has 0 saturated carbocycles. The van der Waals surface area contributed by atoms with Crippen molar-refractivity contribution < 1.29 is 18.9 Å². The molecule has 0 radical (unpaired) electrons. The zero-order valence-corrected chi connectivity index (χ0v) is 11.3. The van der Waals surface area contributed by atoms with Crippen molar-refractivity contribution in [3.63, 3.8) is 0 Å². The lowest BCUT2D eigenvalue weighted by molar-refractivity contribution is -0.379. The fourth-order valence-electron chi connectivity index (χ4n) is 1.12. The van der Waals surface area contributed by atoms with E-state index in [0.29, 0.717) is 6.79 Å². The van der Waals surface area contributed by atoms with Gasteiger partial charge in [0.1, 0.15) is 0 Å². The standard InChI is InChI=1S/C8H16O2.C4H8O2/c1-7(2)5-9-8(3,4)10-6-7;1-4(2)5-3-6-4/h5-6H2,1-4H3;3H2,1-2H3. The highest BCUT2D eigenvalue weighted by atomic mass is 16.9. The molecule has 0 aromatic heterocycles. The summed E-state index contributed by atoms with van der Waals surface area (Å²) in [5.74, 6) is -0.643. The third-order valence-electron chi connectivity index (χ3n) is 2.43. The van der Waals surface area contributed by atoms with Crippen molar-refractivity contribution in [3.8, 4) is 0 Å². The smallest absolute Gasteiger partial charge is 0.168 e. The maximum Gasteiger partial charge on any atom is 0.168 e. The van der Waals surface area contributed by atoms with Crippen LogP contribution in [-0.2, 0) is 18.9 Å². The first-order valence-electron chi connectivity index (χ1n) is 5.68. The molecule has 96 valence electrons. The summed E-state index contributed by atoms with van der Waals surface area (Å²) in [6.07, 6.45) is 0. The monoisotopic (exact) mass is 232 g/mol. The van der Waals surface area contributed by atoms with E-state index in [4.69, 9.17) is 18.9 Å². The van der Waals surface area contributed by atoms with Crippen molar-refractivity contribution in [3.05, 3.63) is 0 Å². The highest BCUT2D eigenvalue weighted by Crippen LogP contribution is 2.28. The molecule has 0 unspecified atom stereocenters. The molecule has 0 atom stereocenters. The Morgan fingerprint density at radius 3 is 1.19 bits per heavy atom. The van der Waals surface area contributed by atoms with Gasteiger partial charge in [-0.1, -0.05) is 13.8 Å². The molecule has 2 saturated heterocycles. The summed E-state index contributed by atoms with van der Waals surface area (Å²) in [5.41, 5.74) is 0.190. The first-order chi connectivity index (χ1) is 7.12. The summed E-state index contributed by atoms with van der Waals surface area (Å²) in [6, 6.07) is 0. The quantitative estimate of drug-likeness (QED) is 0.643. The molecule has 0 aromatic rings. The van der Waals surface area contributed by atoms with E-state index in [1.165, 1.54) is 0 Å². The Kier molecular flexibility index (Phi) is 4.00. The van der Waals surface area contributed by atoms with Crippen LogP contribution in [0.25, 0.3) is 0 Å². The maximum absolute atomic E-state index is 5.46. The highest BCUT2D eigenvalue weighted by Gasteiger charge is 2.32. The predicted molar refractivity (Wildman–Crippen MR) is 60.9 cm³/mol. The van der Waals surface area contributed by atoms with Crippen LogP contribution >= 0.6 is 0 Å². The second kappa shape index (κ2) is 4.61. The minimum atomic E-state index is -0.366. The lowest BCUT2D eigenvalue weighted by atomic mass is 9.95. The molecule has 2 aliphatic heterocycles. The molecule has 0 bridgehead atoms. The Hall–Kier alpha value is -0.160. The minimum absolute atomic E-state index is 0.190. The first-order valence-corrected chi connectivity index (χ1v) is 5.68. The summed E-state index contributed by atoms with van der Waals surface area (Å²) in [4.78, 5) is 0. The summed E-state index contributed by atoms with van der Waals surface area (Å²) < 4.78 is 20.7. The van der Waals surface area contributed by atoms with Gasteiger partial charge in [0.25, 0.3) is 0 Å². The van der Waals surface area contributed by atoms with Crippen LogP contribution in [0.2, 0.25) is 0 Å². The molecule has 0 N–H and O–H groups in total. The number of hydrogen-bond acceptors (Lipinski definition) is 4. The van der Waals surface area contributed by atoms with Crippen LogP contribution in [0.5, 0.6) is 0 Å². The van der Waals surface area contributed by atoms with Crippen molar-refractivity contribution in [1.82, 2.24) is 0 Å². The van der Waals surface area contributed by atoms with Gasteiger partial charge < -0.3 is 18.9 Å². The van der Waals surface area contributed by atoms with Gasteiger partial charge in [-0.2, -0.15) is 0 Å². The van der Waals surface area contributed by atoms with Crippen molar-refractivity contribution >= 4 is 0 Å². The number of hydrogen-bond donors (Lipinski definition) is 0. The maximum atomic E-state index is 5.46. The second-order valence-electron chi connectivity index (χ2n) is 5.95. The predicted octanol–water partition coefficient (Wildman–Crippen LogP) is 2.52. The zero-order valence-electron chi connectivity index (χ0n) is 11.3. The molecule has 4 heteroatoms. The zero-order chi connectivity index (χ0) is 12.4. The van der Waals surface area contributed by atoms with Crippen LogP contribution < -0.4 is 0 Å². The molecule has 2 aliphatic rings. The molecule has 4 nitrogen and oxygen atoms in total. The van der Waals surface area contributed by atoms with E-state index in [0.717, 1.165) is 13.2 Å². The minimum Gasteiger partial charge on any atom is -0.350 e. The van der Waals surface area contributed by atoms with Gasteiger partial charge in [0.15, 0.2) is 18.4 Å². The van der Waals surface area contributed by atoms with Gasteiger partial charge in [-0.05, 0) is 27.7 Å². The fraction of sp³-hybridized carbons (Fsp3) is 1.00. The fourth-order valence-corrected chi connectivity index (χ4v) is 1.12. The van der Waals surface area contributed by atoms with E-state index in [1.807, 2.05) is 27.7 Å². The van der Waals surface area contributed by atoms with Crippen LogP contribution in [0, 0.1) is 5.41 Å². The number of rotatable bonds is 0. The highest BCUT2D eigenvalue weighted by molar-refractivity contribution is 4.74. The first kappa shape index (κ1) is 13.9. The van der Waals surface area contributed by atoms with Crippen molar-refractivity contribution in [2.24, 2.45) is 5.41 Å². The van der Waals surface area contributed by atoms with Gasteiger partial charge >= 0.3 is 0 Å². The SMILES string of the molecule is CC1(C)COC(C)(C)OC1.CC1(C)OCO1. The Morgan fingerprint density at radius 1 is 0.625 bits per heavy atom. The Balaban J connectivity index is 0.000000181. The van der Waals surface area contributed by atoms with Gasteiger partial charge in [0.2, 0.25) is 0 Å². The van der Waals surface area contributed by atoms with Crippen LogP contribution in [0.15, 0.2) is 0 Å². The summed E-state index contributed by atoms with van der Waals surface area (Å²) in [7, 11) is 0. The van der Waals surface area contributed by atoms with E-state index >= 15 is 0 Å². The van der Waals surface area contributed by atoms with E-state index in [2.05, 4.69) is 13.8 Å². The molecule has 2 fully saturated rings. The molecular formula is C12H24O4. The molecule has 0 aromatic carbocycles. The Bertz CT molecular complexity index is 199. The van der Waals surface area contributed by atoms with Gasteiger partial charge in [-0.15, -0.1) is 0 Å². The number of ether oxygens (including phenoxy) is 4. The molecule has 16 heavy (non-hydrogen) atoms. The lowest BCUT2D eigenvalue weighted by Crippen LogP contribution is -2.43. The summed E-state index contributed by atoms with van der Waals surface area (Å²) in [5, 5.41) is 0. The average Bonchev–Trinajstić information content (AvgIpc) is 2.10. The molecule has 2 heterocycles. The average molecular weight is 232 g/mol. The van der Waals surface area contributed by atoms with Crippen LogP contribution in [0.4, 0.5) is 0 Å². The molecule has 0 spiro atoms. The van der Waals surface area contributed by atoms with Gasteiger partial charge in [0, 0.05) is 5.41 Å². The third-order valence-corrected chi connectivity index (χ3v) is 2.43. The summed E-state index contributed by atoms with van der Waals surface area (Å²) >= 11 is 0. The van der Waals surface area contributed by atoms with Crippen LogP contribution in [0.1, 0.15) is 41.5 Å². The second-order valence-corrected chi connectivity index (χ2v) is 5.95. The van der Waals surface area contributed by atoms with Gasteiger partial charge in [-0.3, -0.25) is 0 Å². The van der Waals surface area contributed by atoms with E-state index in [9.17, 15) is 0 Å². The van der Waals surface area contributed by atoms with Gasteiger partial charge in [0.05, 0.1) is 13.2 Å². The van der Waals surface area contributed by atoms with Crippen LogP contribution in [0.3, 0.4) is 0 Å². The molecule has 0 amide bonds. The van der Waals surface area contributed by atoms with E-state index in [-0.39, 0.29) is 17.0 Å². The normalized spacial score (nSPS) is 29.6. The topological polar surface area (TPSA) is 36.9 Å². The molecule has 2 rings (SSSR count). The molecular weight excluding hydrogens is 208 g/mol. The van der Waals surface area contributed by atoms with Crippen molar-refractivity contribution in [2.45, 2.75) is 53.1 Å². The van der Waals surface area contributed by atoms with E-state index < -0.39 is 0 Å². The van der Waals surface area contributed by atoms with E-state index in [1.54, 1.807) is 0 Å². The van der Waals surface area contributed by atoms with Crippen molar-refractivity contribution in [1.29, 1.82) is 0 Å². The Morgan fingerprint density at radius 2 is 1.00 bits per heavy atom. The van der Waals surface area contributed by atoms with Crippen LogP contribution in [-0.4, -0.2) is 31.6 Å².